The Bertz CT molecular complexity index is 2780. The van der Waals surface area contributed by atoms with Crippen LogP contribution in [0, 0.1) is 0 Å². The lowest BCUT2D eigenvalue weighted by molar-refractivity contribution is 1.19. The predicted octanol–water partition coefficient (Wildman–Crippen LogP) is 13.4. The second kappa shape index (κ2) is 10.5. The Morgan fingerprint density at radius 1 is 0.362 bits per heavy atom. The first kappa shape index (κ1) is 26.7. The summed E-state index contributed by atoms with van der Waals surface area (Å²) in [6.45, 7) is 0. The van der Waals surface area contributed by atoms with Crippen molar-refractivity contribution in [1.82, 2.24) is 4.57 Å². The molecule has 220 valence electrons. The largest absolute Gasteiger partial charge is 0.309 e. The summed E-state index contributed by atoms with van der Waals surface area (Å²) < 4.78 is 2.48. The Morgan fingerprint density at radius 3 is 1.62 bits per heavy atom. The fourth-order valence-electron chi connectivity index (χ4n) is 7.42. The molecule has 3 heteroatoms. The molecule has 0 aliphatic heterocycles. The van der Waals surface area contributed by atoms with Crippen molar-refractivity contribution in [2.75, 3.05) is 0 Å². The van der Waals surface area contributed by atoms with Crippen LogP contribution in [0.5, 0.6) is 0 Å². The Hall–Kier alpha value is -5.48. The lowest BCUT2D eigenvalue weighted by Crippen LogP contribution is -1.95. The van der Waals surface area contributed by atoms with E-state index in [1.165, 1.54) is 90.4 Å². The smallest absolute Gasteiger partial charge is 0.0632 e. The van der Waals surface area contributed by atoms with Gasteiger partial charge < -0.3 is 4.57 Å². The highest BCUT2D eigenvalue weighted by Crippen LogP contribution is 2.48. The van der Waals surface area contributed by atoms with E-state index in [2.05, 4.69) is 168 Å². The highest BCUT2D eigenvalue weighted by molar-refractivity contribution is 7.25. The van der Waals surface area contributed by atoms with Crippen molar-refractivity contribution in [3.05, 3.63) is 164 Å². The molecule has 3 heterocycles. The standard InChI is InChI=1S/C44H27NS2/c1-3-13-28(14-4-1)38-23-25-40(46-38)41-26-24-39(47-41)35-27-36-31-18-8-10-20-33(31)42-34-21-11-12-22-37(34)45(29-15-5-2-6-16-29)44(42)43(36)32-19-9-7-17-30(32)35/h1-27H. The van der Waals surface area contributed by atoms with Gasteiger partial charge in [0.25, 0.3) is 0 Å². The minimum absolute atomic E-state index is 1.18. The van der Waals surface area contributed by atoms with Crippen molar-refractivity contribution in [3.8, 4) is 36.3 Å². The second-order valence-electron chi connectivity index (χ2n) is 12.0. The van der Waals surface area contributed by atoms with Crippen LogP contribution in [0.4, 0.5) is 0 Å². The van der Waals surface area contributed by atoms with Gasteiger partial charge in [-0.2, -0.15) is 0 Å². The molecule has 0 spiro atoms. The summed E-state index contributed by atoms with van der Waals surface area (Å²) in [7, 11) is 0. The molecule has 0 aliphatic rings. The normalized spacial score (nSPS) is 11.8. The fourth-order valence-corrected chi connectivity index (χ4v) is 9.56. The molecule has 10 rings (SSSR count). The second-order valence-corrected chi connectivity index (χ2v) is 14.2. The predicted molar refractivity (Wildman–Crippen MR) is 205 cm³/mol. The van der Waals surface area contributed by atoms with Gasteiger partial charge in [0, 0.05) is 46.9 Å². The molecule has 0 saturated heterocycles. The van der Waals surface area contributed by atoms with Crippen molar-refractivity contribution in [2.24, 2.45) is 0 Å². The molecule has 10 aromatic rings. The maximum absolute atomic E-state index is 2.48. The van der Waals surface area contributed by atoms with E-state index in [9.17, 15) is 0 Å². The zero-order valence-corrected chi connectivity index (χ0v) is 27.0. The molecule has 0 radical (unpaired) electrons. The summed E-state index contributed by atoms with van der Waals surface area (Å²) in [5.41, 5.74) is 6.24. The number of rotatable bonds is 4. The molecule has 7 aromatic carbocycles. The number of hydrogen-bond acceptors (Lipinski definition) is 2. The van der Waals surface area contributed by atoms with Gasteiger partial charge in [0.15, 0.2) is 0 Å². The lowest BCUT2D eigenvalue weighted by Gasteiger charge is -2.16. The van der Waals surface area contributed by atoms with Gasteiger partial charge in [-0.15, -0.1) is 22.7 Å². The summed E-state index contributed by atoms with van der Waals surface area (Å²) in [6.07, 6.45) is 0. The molecular formula is C44H27NS2. The van der Waals surface area contributed by atoms with Crippen molar-refractivity contribution in [1.29, 1.82) is 0 Å². The van der Waals surface area contributed by atoms with Gasteiger partial charge in [0.2, 0.25) is 0 Å². The first-order valence-corrected chi connectivity index (χ1v) is 17.6. The molecule has 0 amide bonds. The van der Waals surface area contributed by atoms with Crippen LogP contribution < -0.4 is 0 Å². The molecule has 3 aromatic heterocycles. The average Bonchev–Trinajstić information content (AvgIpc) is 3.90. The van der Waals surface area contributed by atoms with Crippen LogP contribution in [0.3, 0.4) is 0 Å². The molecule has 0 bridgehead atoms. The van der Waals surface area contributed by atoms with E-state index in [0.29, 0.717) is 0 Å². The minimum atomic E-state index is 1.18. The summed E-state index contributed by atoms with van der Waals surface area (Å²) in [5, 5.41) is 10.3. The molecule has 47 heavy (non-hydrogen) atoms. The zero-order valence-electron chi connectivity index (χ0n) is 25.4. The molecule has 0 saturated carbocycles. The molecule has 1 nitrogen and oxygen atoms in total. The third-order valence-corrected chi connectivity index (χ3v) is 11.9. The highest BCUT2D eigenvalue weighted by atomic mass is 32.1. The van der Waals surface area contributed by atoms with Crippen LogP contribution in [0.2, 0.25) is 0 Å². The van der Waals surface area contributed by atoms with Crippen molar-refractivity contribution < 1.29 is 0 Å². The Balaban J connectivity index is 1.29. The topological polar surface area (TPSA) is 4.93 Å². The summed E-state index contributed by atoms with van der Waals surface area (Å²) in [4.78, 5) is 5.21. The number of hydrogen-bond donors (Lipinski definition) is 0. The molecule has 0 atom stereocenters. The molecule has 0 N–H and O–H groups in total. The quantitative estimate of drug-likeness (QED) is 0.170. The Labute approximate surface area is 280 Å². The van der Waals surface area contributed by atoms with Gasteiger partial charge in [-0.3, -0.25) is 0 Å². The first-order valence-electron chi connectivity index (χ1n) is 15.9. The number of thiophene rings is 2. The Kier molecular flexibility index (Phi) is 5.98. The van der Waals surface area contributed by atoms with Crippen LogP contribution >= 0.6 is 22.7 Å². The van der Waals surface area contributed by atoms with E-state index >= 15 is 0 Å². The molecule has 0 aliphatic carbocycles. The van der Waals surface area contributed by atoms with Crippen molar-refractivity contribution >= 4 is 76.8 Å². The van der Waals surface area contributed by atoms with Gasteiger partial charge >= 0.3 is 0 Å². The monoisotopic (exact) mass is 633 g/mol. The van der Waals surface area contributed by atoms with Gasteiger partial charge in [-0.1, -0.05) is 115 Å². The van der Waals surface area contributed by atoms with Gasteiger partial charge in [-0.25, -0.2) is 0 Å². The number of aromatic nitrogens is 1. The van der Waals surface area contributed by atoms with Gasteiger partial charge in [0.1, 0.15) is 0 Å². The molecular weight excluding hydrogens is 607 g/mol. The lowest BCUT2D eigenvalue weighted by atomic mass is 9.90. The maximum Gasteiger partial charge on any atom is 0.0632 e. The van der Waals surface area contributed by atoms with Crippen LogP contribution in [0.15, 0.2) is 164 Å². The minimum Gasteiger partial charge on any atom is -0.309 e. The molecule has 0 unspecified atom stereocenters. The van der Waals surface area contributed by atoms with E-state index < -0.39 is 0 Å². The number of fused-ring (bicyclic) bond motifs is 10. The third-order valence-electron chi connectivity index (χ3n) is 9.44. The van der Waals surface area contributed by atoms with Crippen LogP contribution in [0.25, 0.3) is 90.4 Å². The van der Waals surface area contributed by atoms with Crippen molar-refractivity contribution in [3.63, 3.8) is 0 Å². The van der Waals surface area contributed by atoms with E-state index in [4.69, 9.17) is 0 Å². The zero-order chi connectivity index (χ0) is 30.9. The maximum atomic E-state index is 2.48. The number of benzene rings is 7. The van der Waals surface area contributed by atoms with E-state index in [1.807, 2.05) is 22.7 Å². The highest BCUT2D eigenvalue weighted by Gasteiger charge is 2.22. The first-order chi connectivity index (χ1) is 23.3. The van der Waals surface area contributed by atoms with Gasteiger partial charge in [0.05, 0.1) is 11.0 Å². The van der Waals surface area contributed by atoms with E-state index in [0.717, 1.165) is 0 Å². The van der Waals surface area contributed by atoms with Crippen molar-refractivity contribution in [2.45, 2.75) is 0 Å². The molecule has 0 fully saturated rings. The van der Waals surface area contributed by atoms with Crippen LogP contribution in [-0.2, 0) is 0 Å². The van der Waals surface area contributed by atoms with E-state index in [1.54, 1.807) is 0 Å². The number of para-hydroxylation sites is 2. The summed E-state index contributed by atoms with van der Waals surface area (Å²) in [5.74, 6) is 0. The van der Waals surface area contributed by atoms with E-state index in [-0.39, 0.29) is 0 Å². The van der Waals surface area contributed by atoms with Crippen LogP contribution in [0.1, 0.15) is 0 Å². The fraction of sp³-hybridized carbons (Fsp3) is 0. The average molecular weight is 634 g/mol. The summed E-state index contributed by atoms with van der Waals surface area (Å²) >= 11 is 3.76. The summed E-state index contributed by atoms with van der Waals surface area (Å²) in [6, 6.07) is 60.0. The third kappa shape index (κ3) is 4.07. The van der Waals surface area contributed by atoms with Gasteiger partial charge in [-0.05, 0) is 81.0 Å². The Morgan fingerprint density at radius 2 is 0.872 bits per heavy atom. The number of nitrogens with zero attached hydrogens (tertiary/aromatic N) is 1. The van der Waals surface area contributed by atoms with Crippen LogP contribution in [-0.4, -0.2) is 4.57 Å². The SMILES string of the molecule is c1ccc(-c2ccc(-c3ccc(-c4cc5c6ccccc6c6c7ccccc7n(-c7ccccc7)c6c5c5ccccc45)s3)s2)cc1.